The predicted molar refractivity (Wildman–Crippen MR) is 120 cm³/mol. The Balaban J connectivity index is 1.56. The third kappa shape index (κ3) is 4.44. The van der Waals surface area contributed by atoms with Crippen LogP contribution in [0.15, 0.2) is 53.5 Å². The number of esters is 1. The quantitative estimate of drug-likeness (QED) is 0.587. The topological polar surface area (TPSA) is 74.2 Å². The molecule has 0 saturated carbocycles. The van der Waals surface area contributed by atoms with Crippen molar-refractivity contribution >= 4 is 23.5 Å². The van der Waals surface area contributed by atoms with Crippen molar-refractivity contribution in [3.63, 3.8) is 0 Å². The number of piperazine rings is 1. The number of nitrogens with one attached hydrogen (secondary N) is 1. The van der Waals surface area contributed by atoms with Crippen molar-refractivity contribution < 1.29 is 18.7 Å². The third-order valence-electron chi connectivity index (χ3n) is 5.83. The number of halogens is 1. The molecule has 2 aromatic rings. The van der Waals surface area contributed by atoms with Crippen molar-refractivity contribution in [3.8, 4) is 0 Å². The number of benzene rings is 2. The molecule has 2 aromatic carbocycles. The van der Waals surface area contributed by atoms with Gasteiger partial charge in [0.15, 0.2) is 5.92 Å². The fourth-order valence-electron chi connectivity index (χ4n) is 4.10. The van der Waals surface area contributed by atoms with Crippen molar-refractivity contribution in [1.29, 1.82) is 0 Å². The molecule has 0 aromatic heterocycles. The van der Waals surface area contributed by atoms with Gasteiger partial charge in [-0.1, -0.05) is 42.0 Å². The Morgan fingerprint density at radius 3 is 2.41 bits per heavy atom. The number of carbonyl (C=O) groups excluding carboxylic acids is 2. The molecule has 8 heteroatoms. The zero-order valence-corrected chi connectivity index (χ0v) is 18.3. The molecule has 1 fully saturated rings. The fourth-order valence-corrected chi connectivity index (χ4v) is 4.10. The summed E-state index contributed by atoms with van der Waals surface area (Å²) in [6.45, 7) is 6.19. The smallest absolute Gasteiger partial charge is 0.321 e. The first kappa shape index (κ1) is 21.8. The Kier molecular flexibility index (Phi) is 6.39. The van der Waals surface area contributed by atoms with E-state index in [1.54, 1.807) is 19.1 Å². The summed E-state index contributed by atoms with van der Waals surface area (Å²) >= 11 is 0. The molecule has 2 atom stereocenters. The van der Waals surface area contributed by atoms with Gasteiger partial charge in [-0.05, 0) is 31.5 Å². The minimum absolute atomic E-state index is 0.192. The molecule has 7 nitrogen and oxygen atoms in total. The zero-order chi connectivity index (χ0) is 22.7. The summed E-state index contributed by atoms with van der Waals surface area (Å²) in [5, 5.41) is 2.80. The summed E-state index contributed by atoms with van der Waals surface area (Å²) in [6.07, 6.45) is 0. The first-order chi connectivity index (χ1) is 15.5. The normalized spacial score (nSPS) is 21.1. The van der Waals surface area contributed by atoms with E-state index in [-0.39, 0.29) is 12.4 Å². The number of rotatable bonds is 4. The van der Waals surface area contributed by atoms with Crippen molar-refractivity contribution in [2.24, 2.45) is 10.9 Å². The van der Waals surface area contributed by atoms with Gasteiger partial charge in [0.25, 0.3) is 0 Å². The molecule has 0 unspecified atom stereocenters. The summed E-state index contributed by atoms with van der Waals surface area (Å²) in [4.78, 5) is 34.3. The lowest BCUT2D eigenvalue weighted by Crippen LogP contribution is -2.57. The summed E-state index contributed by atoms with van der Waals surface area (Å²) in [5.41, 5.74) is 2.43. The summed E-state index contributed by atoms with van der Waals surface area (Å²) in [6, 6.07) is 13.7. The SMILES string of the molecule is CCOC(=O)[C@H]1C(=O)NC(N2CCN(c3ccccc3F)CC2)=N[C@H]1c1ccc(C)cc1. The number of nitrogens with zero attached hydrogens (tertiary/aromatic N) is 3. The second kappa shape index (κ2) is 9.38. The van der Waals surface area contributed by atoms with Crippen LogP contribution >= 0.6 is 0 Å². The average molecular weight is 439 g/mol. The maximum atomic E-state index is 14.1. The number of guanidine groups is 1. The van der Waals surface area contributed by atoms with Gasteiger partial charge in [0.05, 0.1) is 12.3 Å². The Morgan fingerprint density at radius 2 is 1.75 bits per heavy atom. The van der Waals surface area contributed by atoms with E-state index in [0.717, 1.165) is 11.1 Å². The van der Waals surface area contributed by atoms with E-state index in [9.17, 15) is 14.0 Å². The van der Waals surface area contributed by atoms with Crippen molar-refractivity contribution in [2.75, 3.05) is 37.7 Å². The standard InChI is InChI=1S/C24H27FN4O3/c1-3-32-23(31)20-21(17-10-8-16(2)9-11-17)26-24(27-22(20)30)29-14-12-28(13-15-29)19-7-5-4-6-18(19)25/h4-11,20-21H,3,12-15H2,1-2H3,(H,26,27,30)/t20-,21+/m1/s1. The van der Waals surface area contributed by atoms with Crippen LogP contribution < -0.4 is 10.2 Å². The number of hydrogen-bond acceptors (Lipinski definition) is 6. The van der Waals surface area contributed by atoms with Gasteiger partial charge < -0.3 is 14.5 Å². The largest absolute Gasteiger partial charge is 0.465 e. The highest BCUT2D eigenvalue weighted by Crippen LogP contribution is 2.31. The van der Waals surface area contributed by atoms with Crippen molar-refractivity contribution in [2.45, 2.75) is 19.9 Å². The molecular weight excluding hydrogens is 411 g/mol. The Hall–Kier alpha value is -3.42. The van der Waals surface area contributed by atoms with Crippen molar-refractivity contribution in [1.82, 2.24) is 10.2 Å². The van der Waals surface area contributed by atoms with Crippen LogP contribution in [-0.2, 0) is 14.3 Å². The number of ether oxygens (including phenoxy) is 1. The molecule has 1 N–H and O–H groups in total. The highest BCUT2D eigenvalue weighted by Gasteiger charge is 2.42. The zero-order valence-electron chi connectivity index (χ0n) is 18.3. The molecule has 1 saturated heterocycles. The van der Waals surface area contributed by atoms with E-state index in [4.69, 9.17) is 9.73 Å². The van der Waals surface area contributed by atoms with Gasteiger partial charge in [-0.3, -0.25) is 14.9 Å². The minimum Gasteiger partial charge on any atom is -0.465 e. The first-order valence-corrected chi connectivity index (χ1v) is 10.8. The van der Waals surface area contributed by atoms with Gasteiger partial charge in [-0.2, -0.15) is 0 Å². The van der Waals surface area contributed by atoms with E-state index in [1.165, 1.54) is 6.07 Å². The van der Waals surface area contributed by atoms with Gasteiger partial charge >= 0.3 is 5.97 Å². The number of hydrogen-bond donors (Lipinski definition) is 1. The molecule has 32 heavy (non-hydrogen) atoms. The van der Waals surface area contributed by atoms with Crippen LogP contribution in [-0.4, -0.2) is 55.5 Å². The summed E-state index contributed by atoms with van der Waals surface area (Å²) < 4.78 is 19.3. The molecule has 4 rings (SSSR count). The number of aryl methyl sites for hydroxylation is 1. The number of carbonyl (C=O) groups is 2. The molecule has 0 bridgehead atoms. The molecule has 2 heterocycles. The van der Waals surface area contributed by atoms with Crippen LogP contribution in [0, 0.1) is 18.7 Å². The number of para-hydroxylation sites is 1. The van der Waals surface area contributed by atoms with Gasteiger partial charge in [-0.15, -0.1) is 0 Å². The third-order valence-corrected chi connectivity index (χ3v) is 5.83. The molecule has 2 aliphatic rings. The lowest BCUT2D eigenvalue weighted by atomic mass is 9.91. The van der Waals surface area contributed by atoms with E-state index in [1.807, 2.05) is 47.1 Å². The van der Waals surface area contributed by atoms with Crippen LogP contribution in [0.4, 0.5) is 10.1 Å². The molecule has 1 amide bonds. The second-order valence-corrected chi connectivity index (χ2v) is 7.95. The van der Waals surface area contributed by atoms with Crippen LogP contribution in [0.5, 0.6) is 0 Å². The lowest BCUT2D eigenvalue weighted by Gasteiger charge is -2.39. The molecular formula is C24H27FN4O3. The summed E-state index contributed by atoms with van der Waals surface area (Å²) in [5.74, 6) is -1.85. The Bertz CT molecular complexity index is 1020. The van der Waals surface area contributed by atoms with Gasteiger partial charge in [-0.25, -0.2) is 9.38 Å². The fraction of sp³-hybridized carbons (Fsp3) is 0.375. The van der Waals surface area contributed by atoms with Gasteiger partial charge in [0.1, 0.15) is 11.9 Å². The van der Waals surface area contributed by atoms with Crippen LogP contribution in [0.1, 0.15) is 24.1 Å². The molecule has 0 radical (unpaired) electrons. The van der Waals surface area contributed by atoms with Crippen LogP contribution in [0.2, 0.25) is 0 Å². The van der Waals surface area contributed by atoms with Crippen LogP contribution in [0.3, 0.4) is 0 Å². The Labute approximate surface area is 186 Å². The first-order valence-electron chi connectivity index (χ1n) is 10.8. The van der Waals surface area contributed by atoms with Gasteiger partial charge in [0, 0.05) is 26.2 Å². The highest BCUT2D eigenvalue weighted by molar-refractivity contribution is 6.08. The van der Waals surface area contributed by atoms with E-state index in [0.29, 0.717) is 37.8 Å². The van der Waals surface area contributed by atoms with Crippen molar-refractivity contribution in [3.05, 3.63) is 65.5 Å². The molecule has 168 valence electrons. The maximum Gasteiger partial charge on any atom is 0.321 e. The monoisotopic (exact) mass is 438 g/mol. The maximum absolute atomic E-state index is 14.1. The minimum atomic E-state index is -1.04. The lowest BCUT2D eigenvalue weighted by molar-refractivity contribution is -0.153. The Morgan fingerprint density at radius 1 is 1.09 bits per heavy atom. The number of aliphatic imine (C=N–C) groups is 1. The number of amides is 1. The summed E-state index contributed by atoms with van der Waals surface area (Å²) in [7, 11) is 0. The van der Waals surface area contributed by atoms with E-state index in [2.05, 4.69) is 5.32 Å². The van der Waals surface area contributed by atoms with E-state index < -0.39 is 23.8 Å². The molecule has 2 aliphatic heterocycles. The number of anilines is 1. The molecule has 0 aliphatic carbocycles. The van der Waals surface area contributed by atoms with Crippen LogP contribution in [0.25, 0.3) is 0 Å². The van der Waals surface area contributed by atoms with E-state index >= 15 is 0 Å². The second-order valence-electron chi connectivity index (χ2n) is 7.95. The average Bonchev–Trinajstić information content (AvgIpc) is 2.79. The predicted octanol–water partition coefficient (Wildman–Crippen LogP) is 2.66. The molecule has 0 spiro atoms. The highest BCUT2D eigenvalue weighted by atomic mass is 19.1. The van der Waals surface area contributed by atoms with Gasteiger partial charge in [0.2, 0.25) is 11.9 Å².